The smallest absolute Gasteiger partial charge is 0.328 e. The molecule has 10 heteroatoms. The summed E-state index contributed by atoms with van der Waals surface area (Å²) in [4.78, 5) is 51.9. The number of carbonyl (C=O) groups is 2. The van der Waals surface area contributed by atoms with Crippen LogP contribution in [0.15, 0.2) is 28.0 Å². The summed E-state index contributed by atoms with van der Waals surface area (Å²) in [5.74, 6) is -0.405. The van der Waals surface area contributed by atoms with Crippen molar-refractivity contribution in [2.24, 2.45) is 7.05 Å². The Bertz CT molecular complexity index is 1000. The molecule has 0 radical (unpaired) electrons. The number of carbonyl (C=O) groups excluding carboxylic acids is 2. The minimum Gasteiger partial charge on any atom is -0.351 e. The molecular weight excluding hydrogens is 388 g/mol. The summed E-state index contributed by atoms with van der Waals surface area (Å²) >= 11 is 0. The highest BCUT2D eigenvalue weighted by atomic mass is 16.2. The standard InChI is InChI=1S/C20H30N6O4/c1-14-12-26(20(30)23-18(14)28)10-5-7-17(27)22-15-11-16(25(4)13-15)19(29)21-8-6-9-24(2)3/h11-13H,5-10H2,1-4H3,(H,21,29)(H,22,27)(H,23,28,30). The summed E-state index contributed by atoms with van der Waals surface area (Å²) in [6, 6.07) is 1.63. The zero-order chi connectivity index (χ0) is 22.3. The van der Waals surface area contributed by atoms with Gasteiger partial charge in [-0.1, -0.05) is 0 Å². The van der Waals surface area contributed by atoms with Gasteiger partial charge < -0.3 is 24.7 Å². The molecule has 0 aromatic carbocycles. The lowest BCUT2D eigenvalue weighted by atomic mass is 10.2. The third-order valence-corrected chi connectivity index (χ3v) is 4.58. The van der Waals surface area contributed by atoms with Crippen LogP contribution in [0.1, 0.15) is 35.3 Å². The van der Waals surface area contributed by atoms with Crippen molar-refractivity contribution < 1.29 is 9.59 Å². The van der Waals surface area contributed by atoms with Crippen LogP contribution in [0, 0.1) is 6.92 Å². The molecular formula is C20H30N6O4. The molecule has 164 valence electrons. The maximum Gasteiger partial charge on any atom is 0.328 e. The Morgan fingerprint density at radius 2 is 1.90 bits per heavy atom. The molecule has 0 saturated carbocycles. The predicted molar refractivity (Wildman–Crippen MR) is 115 cm³/mol. The lowest BCUT2D eigenvalue weighted by Gasteiger charge is -2.10. The number of amides is 2. The van der Waals surface area contributed by atoms with Gasteiger partial charge in [-0.25, -0.2) is 4.79 Å². The van der Waals surface area contributed by atoms with Crippen LogP contribution in [-0.4, -0.2) is 58.0 Å². The number of rotatable bonds is 10. The number of nitrogens with one attached hydrogen (secondary N) is 3. The highest BCUT2D eigenvalue weighted by molar-refractivity contribution is 5.96. The molecule has 0 saturated heterocycles. The van der Waals surface area contributed by atoms with E-state index in [1.807, 2.05) is 14.1 Å². The third-order valence-electron chi connectivity index (χ3n) is 4.58. The molecule has 3 N–H and O–H groups in total. The molecule has 2 rings (SSSR count). The van der Waals surface area contributed by atoms with E-state index in [4.69, 9.17) is 0 Å². The molecule has 0 atom stereocenters. The molecule has 0 aliphatic heterocycles. The maximum atomic E-state index is 12.3. The Kier molecular flexibility index (Phi) is 8.16. The molecule has 30 heavy (non-hydrogen) atoms. The summed E-state index contributed by atoms with van der Waals surface area (Å²) in [6.45, 7) is 3.40. The molecule has 0 unspecified atom stereocenters. The van der Waals surface area contributed by atoms with Gasteiger partial charge in [0, 0.05) is 44.5 Å². The molecule has 0 aliphatic carbocycles. The average molecular weight is 418 g/mol. The molecule has 0 bridgehead atoms. The third kappa shape index (κ3) is 6.73. The largest absolute Gasteiger partial charge is 0.351 e. The Labute approximate surface area is 174 Å². The van der Waals surface area contributed by atoms with Gasteiger partial charge in [-0.05, 0) is 46.5 Å². The van der Waals surface area contributed by atoms with Gasteiger partial charge in [0.25, 0.3) is 11.5 Å². The van der Waals surface area contributed by atoms with Crippen LogP contribution in [-0.2, 0) is 18.4 Å². The summed E-state index contributed by atoms with van der Waals surface area (Å²) in [6.07, 6.45) is 4.65. The molecule has 2 aromatic heterocycles. The lowest BCUT2D eigenvalue weighted by Crippen LogP contribution is -2.31. The van der Waals surface area contributed by atoms with Crippen molar-refractivity contribution in [3.05, 3.63) is 50.6 Å². The van der Waals surface area contributed by atoms with Crippen LogP contribution in [0.5, 0.6) is 0 Å². The number of anilines is 1. The summed E-state index contributed by atoms with van der Waals surface area (Å²) in [7, 11) is 5.71. The maximum absolute atomic E-state index is 12.3. The van der Waals surface area contributed by atoms with E-state index in [1.54, 1.807) is 30.8 Å². The quantitative estimate of drug-likeness (QED) is 0.479. The summed E-state index contributed by atoms with van der Waals surface area (Å²) < 4.78 is 3.05. The zero-order valence-electron chi connectivity index (χ0n) is 17.9. The van der Waals surface area contributed by atoms with Crippen LogP contribution in [0.2, 0.25) is 0 Å². The van der Waals surface area contributed by atoms with Gasteiger partial charge in [-0.2, -0.15) is 0 Å². The second-order valence-corrected chi connectivity index (χ2v) is 7.55. The van der Waals surface area contributed by atoms with E-state index < -0.39 is 11.2 Å². The number of nitrogens with zero attached hydrogens (tertiary/aromatic N) is 3. The van der Waals surface area contributed by atoms with Gasteiger partial charge in [0.2, 0.25) is 5.91 Å². The van der Waals surface area contributed by atoms with Crippen molar-refractivity contribution in [1.82, 2.24) is 24.3 Å². The molecule has 2 amide bonds. The SMILES string of the molecule is Cc1cn(CCCC(=O)Nc2cc(C(=O)NCCCN(C)C)n(C)c2)c(=O)[nH]c1=O. The minimum atomic E-state index is -0.490. The summed E-state index contributed by atoms with van der Waals surface area (Å²) in [5, 5.41) is 5.64. The number of aryl methyl sites for hydroxylation is 3. The van der Waals surface area contributed by atoms with Crippen molar-refractivity contribution in [3.63, 3.8) is 0 Å². The fourth-order valence-corrected chi connectivity index (χ4v) is 2.96. The van der Waals surface area contributed by atoms with Gasteiger partial charge in [0.15, 0.2) is 0 Å². The molecule has 0 fully saturated rings. The van der Waals surface area contributed by atoms with Gasteiger partial charge in [0.1, 0.15) is 5.69 Å². The van der Waals surface area contributed by atoms with E-state index in [-0.39, 0.29) is 18.2 Å². The van der Waals surface area contributed by atoms with E-state index in [1.165, 1.54) is 10.8 Å². The van der Waals surface area contributed by atoms with Gasteiger partial charge in [0.05, 0.1) is 5.69 Å². The Hall–Kier alpha value is -3.14. The molecule has 2 aromatic rings. The number of H-pyrrole nitrogens is 1. The fraction of sp³-hybridized carbons (Fsp3) is 0.500. The van der Waals surface area contributed by atoms with Crippen molar-refractivity contribution in [2.75, 3.05) is 32.5 Å². The number of aromatic nitrogens is 3. The van der Waals surface area contributed by atoms with E-state index in [2.05, 4.69) is 20.5 Å². The second-order valence-electron chi connectivity index (χ2n) is 7.55. The van der Waals surface area contributed by atoms with Gasteiger partial charge in [-0.15, -0.1) is 0 Å². The molecule has 0 aliphatic rings. The number of hydrogen-bond donors (Lipinski definition) is 3. The van der Waals surface area contributed by atoms with E-state index in [9.17, 15) is 19.2 Å². The van der Waals surface area contributed by atoms with Crippen LogP contribution in [0.25, 0.3) is 0 Å². The number of aromatic amines is 1. The van der Waals surface area contributed by atoms with E-state index in [0.29, 0.717) is 36.5 Å². The van der Waals surface area contributed by atoms with Crippen molar-refractivity contribution in [2.45, 2.75) is 32.7 Å². The molecule has 0 spiro atoms. The zero-order valence-corrected chi connectivity index (χ0v) is 17.9. The average Bonchev–Trinajstić information content (AvgIpc) is 3.02. The van der Waals surface area contributed by atoms with Crippen LogP contribution < -0.4 is 21.9 Å². The van der Waals surface area contributed by atoms with Crippen LogP contribution >= 0.6 is 0 Å². The van der Waals surface area contributed by atoms with Gasteiger partial charge >= 0.3 is 5.69 Å². The van der Waals surface area contributed by atoms with E-state index >= 15 is 0 Å². The van der Waals surface area contributed by atoms with Gasteiger partial charge in [-0.3, -0.25) is 19.4 Å². The lowest BCUT2D eigenvalue weighted by molar-refractivity contribution is -0.116. The van der Waals surface area contributed by atoms with Crippen molar-refractivity contribution in [1.29, 1.82) is 0 Å². The van der Waals surface area contributed by atoms with Crippen LogP contribution in [0.3, 0.4) is 0 Å². The monoisotopic (exact) mass is 418 g/mol. The van der Waals surface area contributed by atoms with E-state index in [0.717, 1.165) is 13.0 Å². The molecule has 2 heterocycles. The molecule has 10 nitrogen and oxygen atoms in total. The first-order chi connectivity index (χ1) is 14.2. The van der Waals surface area contributed by atoms with Crippen molar-refractivity contribution >= 4 is 17.5 Å². The first-order valence-electron chi connectivity index (χ1n) is 9.87. The first-order valence-corrected chi connectivity index (χ1v) is 9.87. The fourth-order valence-electron chi connectivity index (χ4n) is 2.96. The summed E-state index contributed by atoms with van der Waals surface area (Å²) in [5.41, 5.74) is 0.546. The highest BCUT2D eigenvalue weighted by Crippen LogP contribution is 2.13. The highest BCUT2D eigenvalue weighted by Gasteiger charge is 2.13. The Morgan fingerprint density at radius 3 is 2.60 bits per heavy atom. The predicted octanol–water partition coefficient (Wildman–Crippen LogP) is 0.284. The minimum absolute atomic E-state index is 0.190. The Morgan fingerprint density at radius 1 is 1.17 bits per heavy atom. The second kappa shape index (κ2) is 10.6. The topological polar surface area (TPSA) is 121 Å². The normalized spacial score (nSPS) is 11.0. The van der Waals surface area contributed by atoms with Crippen molar-refractivity contribution in [3.8, 4) is 0 Å². The van der Waals surface area contributed by atoms with Crippen LogP contribution in [0.4, 0.5) is 5.69 Å². The Balaban J connectivity index is 1.83. The number of hydrogen-bond acceptors (Lipinski definition) is 5. The first kappa shape index (κ1) is 23.1.